The number of hydrogen-bond donors (Lipinski definition) is 2. The summed E-state index contributed by atoms with van der Waals surface area (Å²) in [6.45, 7) is 0.299. The minimum absolute atomic E-state index is 0.230. The van der Waals surface area contributed by atoms with Crippen LogP contribution in [0.4, 0.5) is 15.8 Å². The van der Waals surface area contributed by atoms with Crippen LogP contribution in [0.2, 0.25) is 0 Å². The van der Waals surface area contributed by atoms with Gasteiger partial charge in [-0.2, -0.15) is 0 Å². The minimum Gasteiger partial charge on any atom is -0.493 e. The largest absolute Gasteiger partial charge is 0.493 e. The van der Waals surface area contributed by atoms with Crippen LogP contribution in [-0.4, -0.2) is 25.1 Å². The predicted octanol–water partition coefficient (Wildman–Crippen LogP) is 4.10. The van der Waals surface area contributed by atoms with Gasteiger partial charge in [-0.25, -0.2) is 4.39 Å². The second-order valence-corrected chi connectivity index (χ2v) is 5.90. The number of halogens is 1. The van der Waals surface area contributed by atoms with Gasteiger partial charge in [-0.3, -0.25) is 9.78 Å². The Morgan fingerprint density at radius 2 is 1.79 bits per heavy atom. The molecule has 28 heavy (non-hydrogen) atoms. The third-order valence-electron chi connectivity index (χ3n) is 4.07. The van der Waals surface area contributed by atoms with Crippen molar-refractivity contribution in [3.05, 3.63) is 77.9 Å². The lowest BCUT2D eigenvalue weighted by Crippen LogP contribution is -2.14. The van der Waals surface area contributed by atoms with Crippen LogP contribution in [0.25, 0.3) is 0 Å². The molecule has 144 valence electrons. The van der Waals surface area contributed by atoms with Crippen LogP contribution in [0.3, 0.4) is 0 Å². The topological polar surface area (TPSA) is 72.5 Å². The van der Waals surface area contributed by atoms with Gasteiger partial charge in [0.2, 0.25) is 0 Å². The Morgan fingerprint density at radius 3 is 2.54 bits per heavy atom. The summed E-state index contributed by atoms with van der Waals surface area (Å²) < 4.78 is 24.1. The van der Waals surface area contributed by atoms with E-state index in [0.717, 1.165) is 0 Å². The summed E-state index contributed by atoms with van der Waals surface area (Å²) >= 11 is 0. The van der Waals surface area contributed by atoms with Gasteiger partial charge in [0.15, 0.2) is 11.5 Å². The van der Waals surface area contributed by atoms with E-state index in [1.54, 1.807) is 55.6 Å². The molecule has 1 heterocycles. The van der Waals surface area contributed by atoms with Crippen molar-refractivity contribution in [1.82, 2.24) is 4.98 Å². The summed E-state index contributed by atoms with van der Waals surface area (Å²) in [6.07, 6.45) is 1.52. The number of carbonyl (C=O) groups excluding carboxylic acids is 1. The number of benzene rings is 2. The van der Waals surface area contributed by atoms with Crippen molar-refractivity contribution in [1.29, 1.82) is 0 Å². The van der Waals surface area contributed by atoms with Gasteiger partial charge in [0.25, 0.3) is 5.91 Å². The molecule has 0 radical (unpaired) electrons. The first kappa shape index (κ1) is 19.2. The van der Waals surface area contributed by atoms with Crippen LogP contribution in [0.1, 0.15) is 16.1 Å². The highest BCUT2D eigenvalue weighted by molar-refractivity contribution is 6.03. The Kier molecular flexibility index (Phi) is 6.06. The van der Waals surface area contributed by atoms with Crippen LogP contribution >= 0.6 is 0 Å². The number of methoxy groups -OCH3 is 2. The van der Waals surface area contributed by atoms with Crippen molar-refractivity contribution < 1.29 is 18.7 Å². The van der Waals surface area contributed by atoms with E-state index in [1.807, 2.05) is 0 Å². The maximum Gasteiger partial charge on any atom is 0.274 e. The Labute approximate surface area is 162 Å². The van der Waals surface area contributed by atoms with Gasteiger partial charge in [0, 0.05) is 35.7 Å². The fraction of sp³-hybridized carbons (Fsp3) is 0.143. The van der Waals surface area contributed by atoms with Gasteiger partial charge in [-0.15, -0.1) is 0 Å². The van der Waals surface area contributed by atoms with Gasteiger partial charge in [0.05, 0.1) is 14.2 Å². The van der Waals surface area contributed by atoms with Crippen molar-refractivity contribution in [2.75, 3.05) is 24.9 Å². The van der Waals surface area contributed by atoms with Gasteiger partial charge in [0.1, 0.15) is 11.5 Å². The number of aromatic nitrogens is 1. The van der Waals surface area contributed by atoms with E-state index in [1.165, 1.54) is 19.4 Å². The van der Waals surface area contributed by atoms with Crippen LogP contribution in [0.15, 0.2) is 60.8 Å². The molecule has 0 bridgehead atoms. The molecule has 7 heteroatoms. The molecule has 2 N–H and O–H groups in total. The summed E-state index contributed by atoms with van der Waals surface area (Å²) in [4.78, 5) is 16.6. The molecule has 0 spiro atoms. The first-order valence-corrected chi connectivity index (χ1v) is 8.57. The van der Waals surface area contributed by atoms with E-state index in [-0.39, 0.29) is 17.4 Å². The van der Waals surface area contributed by atoms with Crippen LogP contribution in [0, 0.1) is 5.82 Å². The van der Waals surface area contributed by atoms with Crippen molar-refractivity contribution in [3.8, 4) is 11.5 Å². The van der Waals surface area contributed by atoms with E-state index >= 15 is 0 Å². The zero-order valence-corrected chi connectivity index (χ0v) is 15.5. The van der Waals surface area contributed by atoms with E-state index in [9.17, 15) is 9.18 Å². The molecule has 1 amide bonds. The molecule has 0 atom stereocenters. The molecule has 6 nitrogen and oxygen atoms in total. The Hall–Kier alpha value is -3.61. The molecule has 0 aliphatic heterocycles. The number of nitrogens with one attached hydrogen (secondary N) is 2. The average Bonchev–Trinajstić information content (AvgIpc) is 2.73. The quantitative estimate of drug-likeness (QED) is 0.645. The van der Waals surface area contributed by atoms with E-state index in [4.69, 9.17) is 9.47 Å². The molecule has 0 fully saturated rings. The van der Waals surface area contributed by atoms with Crippen molar-refractivity contribution in [3.63, 3.8) is 0 Å². The SMILES string of the molecule is COc1ccc(NC(=O)c2cc(NCc3ccccc3F)ccn2)cc1OC. The first-order valence-electron chi connectivity index (χ1n) is 8.57. The highest BCUT2D eigenvalue weighted by atomic mass is 19.1. The average molecular weight is 381 g/mol. The molecule has 3 aromatic rings. The fourth-order valence-electron chi connectivity index (χ4n) is 2.61. The zero-order valence-electron chi connectivity index (χ0n) is 15.5. The minimum atomic E-state index is -0.373. The van der Waals surface area contributed by atoms with Gasteiger partial charge in [-0.05, 0) is 30.3 Å². The Balaban J connectivity index is 1.69. The number of hydrogen-bond acceptors (Lipinski definition) is 5. The summed E-state index contributed by atoms with van der Waals surface area (Å²) in [7, 11) is 3.07. The Morgan fingerprint density at radius 1 is 1.00 bits per heavy atom. The molecule has 0 unspecified atom stereocenters. The molecule has 2 aromatic carbocycles. The van der Waals surface area contributed by atoms with Gasteiger partial charge >= 0.3 is 0 Å². The van der Waals surface area contributed by atoms with Crippen molar-refractivity contribution in [2.24, 2.45) is 0 Å². The molecule has 0 aliphatic carbocycles. The fourth-order valence-corrected chi connectivity index (χ4v) is 2.61. The van der Waals surface area contributed by atoms with E-state index < -0.39 is 0 Å². The third-order valence-corrected chi connectivity index (χ3v) is 4.07. The van der Waals surface area contributed by atoms with Crippen molar-refractivity contribution in [2.45, 2.75) is 6.54 Å². The second kappa shape index (κ2) is 8.85. The number of nitrogens with zero attached hydrogens (tertiary/aromatic N) is 1. The van der Waals surface area contributed by atoms with E-state index in [2.05, 4.69) is 15.6 Å². The normalized spacial score (nSPS) is 10.2. The summed E-state index contributed by atoms with van der Waals surface area (Å²) in [5.74, 6) is 0.420. The summed E-state index contributed by atoms with van der Waals surface area (Å²) in [5, 5.41) is 5.87. The molecule has 3 rings (SSSR count). The third kappa shape index (κ3) is 4.56. The van der Waals surface area contributed by atoms with E-state index in [0.29, 0.717) is 35.0 Å². The molecular formula is C21H20FN3O3. The number of anilines is 2. The lowest BCUT2D eigenvalue weighted by Gasteiger charge is -2.11. The Bertz CT molecular complexity index is 979. The lowest BCUT2D eigenvalue weighted by molar-refractivity contribution is 0.102. The number of pyridine rings is 1. The maximum absolute atomic E-state index is 13.7. The highest BCUT2D eigenvalue weighted by Gasteiger charge is 2.11. The van der Waals surface area contributed by atoms with Gasteiger partial charge < -0.3 is 20.1 Å². The summed E-state index contributed by atoms with van der Waals surface area (Å²) in [6, 6.07) is 14.9. The van der Waals surface area contributed by atoms with Crippen LogP contribution < -0.4 is 20.1 Å². The number of carbonyl (C=O) groups is 1. The monoisotopic (exact) mass is 381 g/mol. The van der Waals surface area contributed by atoms with Crippen LogP contribution in [0.5, 0.6) is 11.5 Å². The number of ether oxygens (including phenoxy) is 2. The van der Waals surface area contributed by atoms with Gasteiger partial charge in [-0.1, -0.05) is 18.2 Å². The second-order valence-electron chi connectivity index (χ2n) is 5.90. The lowest BCUT2D eigenvalue weighted by atomic mass is 10.2. The standard InChI is InChI=1S/C21H20FN3O3/c1-27-19-8-7-16(12-20(19)28-2)25-21(26)18-11-15(9-10-23-18)24-13-14-5-3-4-6-17(14)22/h3-12H,13H2,1-2H3,(H,23,24)(H,25,26). The highest BCUT2D eigenvalue weighted by Crippen LogP contribution is 2.29. The predicted molar refractivity (Wildman–Crippen MR) is 105 cm³/mol. The molecule has 0 aliphatic rings. The number of rotatable bonds is 7. The molecule has 1 aromatic heterocycles. The number of amides is 1. The first-order chi connectivity index (χ1) is 13.6. The molecular weight excluding hydrogens is 361 g/mol. The molecule has 0 saturated heterocycles. The smallest absolute Gasteiger partial charge is 0.274 e. The molecule has 0 saturated carbocycles. The zero-order chi connectivity index (χ0) is 19.9. The van der Waals surface area contributed by atoms with Crippen LogP contribution in [-0.2, 0) is 6.54 Å². The van der Waals surface area contributed by atoms with Crippen molar-refractivity contribution >= 4 is 17.3 Å². The summed E-state index contributed by atoms with van der Waals surface area (Å²) in [5.41, 5.74) is 1.98. The maximum atomic E-state index is 13.7.